The lowest BCUT2D eigenvalue weighted by atomic mass is 10.4. The van der Waals surface area contributed by atoms with Crippen LogP contribution in [0.5, 0.6) is 0 Å². The Hall–Kier alpha value is -0.800. The van der Waals surface area contributed by atoms with E-state index in [4.69, 9.17) is 10.5 Å². The van der Waals surface area contributed by atoms with E-state index in [-0.39, 0.29) is 10.5 Å². The topological polar surface area (TPSA) is 47.6 Å². The first-order valence-electron chi connectivity index (χ1n) is 5.14. The highest BCUT2D eigenvalue weighted by Gasteiger charge is 2.03. The van der Waals surface area contributed by atoms with Crippen LogP contribution >= 0.6 is 10.5 Å². The summed E-state index contributed by atoms with van der Waals surface area (Å²) in [5.41, 5.74) is 0. The molecule has 0 atom stereocenters. The van der Waals surface area contributed by atoms with Crippen molar-refractivity contribution in [1.29, 1.82) is 10.5 Å². The summed E-state index contributed by atoms with van der Waals surface area (Å²) in [4.78, 5) is 0.451. The minimum Gasteiger partial charge on any atom is -0.191 e. The number of rotatable bonds is 6. The van der Waals surface area contributed by atoms with E-state index in [0.29, 0.717) is 4.86 Å². The summed E-state index contributed by atoms with van der Waals surface area (Å²) >= 11 is 0. The Labute approximate surface area is 89.5 Å². The first-order chi connectivity index (χ1) is 6.79. The predicted octanol–water partition coefficient (Wildman–Crippen LogP) is 3.08. The van der Waals surface area contributed by atoms with E-state index in [1.165, 1.54) is 0 Å². The number of hydrogen-bond donors (Lipinski definition) is 0. The summed E-state index contributed by atoms with van der Waals surface area (Å²) in [6, 6.07) is 4.08. The maximum absolute atomic E-state index is 8.79. The zero-order valence-electron chi connectivity index (χ0n) is 9.05. The van der Waals surface area contributed by atoms with Crippen molar-refractivity contribution in [2.24, 2.45) is 0 Å². The molecule has 0 spiro atoms. The summed E-state index contributed by atoms with van der Waals surface area (Å²) in [7, 11) is -0.0676. The van der Waals surface area contributed by atoms with Gasteiger partial charge in [0, 0.05) is 0 Å². The van der Waals surface area contributed by atoms with Gasteiger partial charge in [-0.2, -0.15) is 21.0 Å². The molecule has 0 amide bonds. The van der Waals surface area contributed by atoms with Crippen LogP contribution in [0.2, 0.25) is 0 Å². The molecule has 0 aromatic heterocycles. The number of unbranched alkanes of at least 4 members (excludes halogenated alkanes) is 2. The van der Waals surface area contributed by atoms with Gasteiger partial charge in [0.25, 0.3) is 0 Å². The highest BCUT2D eigenvalue weighted by Crippen LogP contribution is 2.19. The fourth-order valence-corrected chi connectivity index (χ4v) is 3.24. The van der Waals surface area contributed by atoms with Gasteiger partial charge in [0.1, 0.15) is 12.1 Å². The summed E-state index contributed by atoms with van der Waals surface area (Å²) in [5, 5.41) is 17.6. The molecule has 78 valence electrons. The van der Waals surface area contributed by atoms with Gasteiger partial charge in [0.05, 0.1) is 0 Å². The van der Waals surface area contributed by atoms with Crippen molar-refractivity contribution in [1.82, 2.24) is 0 Å². The molecule has 0 aliphatic heterocycles. The van der Waals surface area contributed by atoms with E-state index in [2.05, 4.69) is 13.8 Å². The second-order valence-corrected chi connectivity index (χ2v) is 5.37. The molecule has 0 fully saturated rings. The van der Waals surface area contributed by atoms with E-state index < -0.39 is 0 Å². The van der Waals surface area contributed by atoms with Crippen molar-refractivity contribution in [2.75, 3.05) is 11.5 Å². The summed E-state index contributed by atoms with van der Waals surface area (Å²) in [6.07, 6.45) is 4.53. The average molecular weight is 210 g/mol. The number of nitrogens with zero attached hydrogens (tertiary/aromatic N) is 2. The molecule has 0 unspecified atom stereocenters. The molecule has 0 rings (SSSR count). The van der Waals surface area contributed by atoms with Gasteiger partial charge >= 0.3 is 0 Å². The quantitative estimate of drug-likeness (QED) is 0.632. The van der Waals surface area contributed by atoms with Crippen LogP contribution < -0.4 is 0 Å². The second kappa shape index (κ2) is 8.78. The normalized spacial score (nSPS) is 9.50. The van der Waals surface area contributed by atoms with E-state index in [0.717, 1.165) is 37.2 Å². The molecular formula is C11H18N2S. The zero-order valence-corrected chi connectivity index (χ0v) is 9.86. The van der Waals surface area contributed by atoms with Crippen molar-refractivity contribution < 1.29 is 0 Å². The van der Waals surface area contributed by atoms with Crippen molar-refractivity contribution in [3.05, 3.63) is 0 Å². The second-order valence-electron chi connectivity index (χ2n) is 3.16. The van der Waals surface area contributed by atoms with Crippen LogP contribution in [0.25, 0.3) is 0 Å². The number of nitriles is 2. The molecule has 2 nitrogen and oxygen atoms in total. The van der Waals surface area contributed by atoms with Crippen molar-refractivity contribution >= 4 is 15.3 Å². The van der Waals surface area contributed by atoms with Gasteiger partial charge in [-0.05, 0) is 24.3 Å². The van der Waals surface area contributed by atoms with E-state index >= 15 is 0 Å². The third-order valence-electron chi connectivity index (χ3n) is 1.98. The third-order valence-corrected chi connectivity index (χ3v) is 4.30. The summed E-state index contributed by atoms with van der Waals surface area (Å²) in [6.45, 7) is 4.28. The molecule has 3 heteroatoms. The average Bonchev–Trinajstić information content (AvgIpc) is 2.22. The lowest BCUT2D eigenvalue weighted by Crippen LogP contribution is -1.98. The highest BCUT2D eigenvalue weighted by atomic mass is 32.2. The minimum absolute atomic E-state index is 0.0676. The van der Waals surface area contributed by atoms with Gasteiger partial charge in [-0.3, -0.25) is 0 Å². The Balaban J connectivity index is 4.46. The number of hydrogen-bond acceptors (Lipinski definition) is 2. The molecule has 0 heterocycles. The Morgan fingerprint density at radius 1 is 1.00 bits per heavy atom. The molecule has 0 radical (unpaired) electrons. The van der Waals surface area contributed by atoms with Crippen LogP contribution in [0.4, 0.5) is 0 Å². The van der Waals surface area contributed by atoms with Gasteiger partial charge in [-0.15, -0.1) is 0 Å². The lowest BCUT2D eigenvalue weighted by Gasteiger charge is -2.07. The van der Waals surface area contributed by atoms with Crippen LogP contribution in [-0.2, 0) is 0 Å². The van der Waals surface area contributed by atoms with Gasteiger partial charge in [-0.1, -0.05) is 26.7 Å². The predicted molar refractivity (Wildman–Crippen MR) is 63.4 cm³/mol. The van der Waals surface area contributed by atoms with Crippen LogP contribution in [0.15, 0.2) is 0 Å². The first kappa shape index (κ1) is 13.2. The van der Waals surface area contributed by atoms with Crippen molar-refractivity contribution in [3.63, 3.8) is 0 Å². The highest BCUT2D eigenvalue weighted by molar-refractivity contribution is 8.16. The third kappa shape index (κ3) is 5.04. The smallest absolute Gasteiger partial charge is 0.153 e. The van der Waals surface area contributed by atoms with Crippen molar-refractivity contribution in [2.45, 2.75) is 39.5 Å². The molecular weight excluding hydrogens is 192 g/mol. The van der Waals surface area contributed by atoms with E-state index in [1.54, 1.807) is 0 Å². The molecule has 0 aliphatic carbocycles. The van der Waals surface area contributed by atoms with Crippen molar-refractivity contribution in [3.8, 4) is 12.1 Å². The van der Waals surface area contributed by atoms with Crippen LogP contribution in [0, 0.1) is 22.7 Å². The Morgan fingerprint density at radius 3 is 1.71 bits per heavy atom. The molecule has 0 aromatic rings. The molecule has 14 heavy (non-hydrogen) atoms. The molecule has 0 saturated heterocycles. The van der Waals surface area contributed by atoms with Gasteiger partial charge in [0.15, 0.2) is 4.86 Å². The van der Waals surface area contributed by atoms with Gasteiger partial charge < -0.3 is 0 Å². The van der Waals surface area contributed by atoms with Crippen LogP contribution in [0.3, 0.4) is 0 Å². The molecule has 0 N–H and O–H groups in total. The molecule has 0 aromatic carbocycles. The zero-order chi connectivity index (χ0) is 10.8. The maximum Gasteiger partial charge on any atom is 0.153 e. The van der Waals surface area contributed by atoms with E-state index in [1.807, 2.05) is 12.1 Å². The monoisotopic (exact) mass is 210 g/mol. The fraction of sp³-hybridized carbons (Fsp3) is 0.727. The maximum atomic E-state index is 8.79. The van der Waals surface area contributed by atoms with Gasteiger partial charge in [-0.25, -0.2) is 0 Å². The Bertz CT molecular complexity index is 242. The summed E-state index contributed by atoms with van der Waals surface area (Å²) < 4.78 is 0. The fourth-order valence-electron chi connectivity index (χ4n) is 1.10. The largest absolute Gasteiger partial charge is 0.191 e. The molecule has 0 saturated carbocycles. The Morgan fingerprint density at radius 2 is 1.43 bits per heavy atom. The first-order valence-corrected chi connectivity index (χ1v) is 6.71. The summed E-state index contributed by atoms with van der Waals surface area (Å²) in [5.74, 6) is 2.04. The lowest BCUT2D eigenvalue weighted by molar-refractivity contribution is 0.878. The SMILES string of the molecule is CCCCS(CCCC)=C(C#N)C#N. The molecule has 0 aliphatic rings. The minimum atomic E-state index is -0.0676. The van der Waals surface area contributed by atoms with Crippen LogP contribution in [0.1, 0.15) is 39.5 Å². The van der Waals surface area contributed by atoms with Gasteiger partial charge in [0.2, 0.25) is 0 Å². The van der Waals surface area contributed by atoms with Crippen LogP contribution in [-0.4, -0.2) is 16.4 Å². The molecule has 0 bridgehead atoms. The van der Waals surface area contributed by atoms with E-state index in [9.17, 15) is 0 Å². The Kier molecular flexibility index (Phi) is 8.28. The standard InChI is InChI=1S/C11H18N2S/c1-3-5-7-14(8-6-4-2)11(9-12)10-13/h3-8H2,1-2H3.